The Morgan fingerprint density at radius 2 is 0.654 bits per heavy atom. The molecule has 6 rings (SSSR count). The highest BCUT2D eigenvalue weighted by Gasteiger charge is 2.17. The van der Waals surface area contributed by atoms with Crippen LogP contribution in [0.5, 0.6) is 0 Å². The third-order valence-electron chi connectivity index (χ3n) is 5.85. The lowest BCUT2D eigenvalue weighted by atomic mass is 9.83. The predicted molar refractivity (Wildman–Crippen MR) is 111 cm³/mol. The number of rotatable bonds is 0. The second-order valence-electron chi connectivity index (χ2n) is 7.49. The summed E-state index contributed by atoms with van der Waals surface area (Å²) in [5, 5.41) is 8.05. The average Bonchev–Trinajstić information content (AvgIpc) is 2.67. The Hall–Kier alpha value is -3.12. The van der Waals surface area contributed by atoms with Gasteiger partial charge in [0.15, 0.2) is 0 Å². The summed E-state index contributed by atoms with van der Waals surface area (Å²) in [5.41, 5.74) is 5.93. The normalized spacial score (nSPS) is 13.1. The van der Waals surface area contributed by atoms with Crippen molar-refractivity contribution in [2.24, 2.45) is 0 Å². The first-order chi connectivity index (χ1) is 12.8. The maximum atomic E-state index is 2.41. The largest absolute Gasteiger partial charge is 0.0616 e. The Morgan fingerprint density at radius 3 is 1.04 bits per heavy atom. The van der Waals surface area contributed by atoms with Crippen molar-refractivity contribution in [3.8, 4) is 0 Å². The van der Waals surface area contributed by atoms with Gasteiger partial charge >= 0.3 is 0 Å². The van der Waals surface area contributed by atoms with Gasteiger partial charge in [-0.15, -0.1) is 0 Å². The molecule has 0 N–H and O–H groups in total. The molecule has 1 aliphatic carbocycles. The molecule has 0 amide bonds. The van der Waals surface area contributed by atoms with E-state index in [2.05, 4.69) is 84.9 Å². The summed E-state index contributed by atoms with van der Waals surface area (Å²) in [7, 11) is 0. The Kier molecular flexibility index (Phi) is 2.81. The van der Waals surface area contributed by atoms with Crippen LogP contribution in [0.15, 0.2) is 84.9 Å². The summed E-state index contributed by atoms with van der Waals surface area (Å²) in [6.45, 7) is 0. The molecular formula is C26H18. The third-order valence-corrected chi connectivity index (χ3v) is 5.85. The summed E-state index contributed by atoms with van der Waals surface area (Å²) in [6, 6.07) is 31.6. The van der Waals surface area contributed by atoms with Crippen LogP contribution >= 0.6 is 0 Å². The van der Waals surface area contributed by atoms with Crippen molar-refractivity contribution in [1.29, 1.82) is 0 Å². The van der Waals surface area contributed by atoms with Crippen LogP contribution in [0.25, 0.3) is 32.3 Å². The molecular weight excluding hydrogens is 312 g/mol. The quantitative estimate of drug-likeness (QED) is 0.274. The van der Waals surface area contributed by atoms with Crippen molar-refractivity contribution < 1.29 is 0 Å². The first kappa shape index (κ1) is 14.1. The molecule has 0 nitrogen and oxygen atoms in total. The highest BCUT2D eigenvalue weighted by molar-refractivity contribution is 5.99. The molecule has 0 atom stereocenters. The average molecular weight is 330 g/mol. The number of hydrogen-bond acceptors (Lipinski definition) is 0. The molecule has 0 saturated carbocycles. The van der Waals surface area contributed by atoms with Gasteiger partial charge in [0, 0.05) is 0 Å². The van der Waals surface area contributed by atoms with E-state index in [1.54, 1.807) is 0 Å². The van der Waals surface area contributed by atoms with Gasteiger partial charge in [-0.25, -0.2) is 0 Å². The predicted octanol–water partition coefficient (Wildman–Crippen LogP) is 6.64. The van der Waals surface area contributed by atoms with Gasteiger partial charge in [0.25, 0.3) is 0 Å². The van der Waals surface area contributed by atoms with E-state index in [0.29, 0.717) is 0 Å². The minimum Gasteiger partial charge on any atom is -0.0616 e. The summed E-state index contributed by atoms with van der Waals surface area (Å²) < 4.78 is 0. The molecule has 5 aromatic carbocycles. The van der Waals surface area contributed by atoms with Crippen molar-refractivity contribution in [3.05, 3.63) is 107 Å². The first-order valence-electron chi connectivity index (χ1n) is 9.28. The molecule has 0 heterocycles. The lowest BCUT2D eigenvalue weighted by Gasteiger charge is -2.21. The zero-order valence-corrected chi connectivity index (χ0v) is 14.5. The highest BCUT2D eigenvalue weighted by Crippen LogP contribution is 2.34. The fourth-order valence-corrected chi connectivity index (χ4v) is 4.49. The Morgan fingerprint density at radius 1 is 0.346 bits per heavy atom. The highest BCUT2D eigenvalue weighted by atomic mass is 14.2. The molecule has 0 heteroatoms. The van der Waals surface area contributed by atoms with Gasteiger partial charge < -0.3 is 0 Å². The summed E-state index contributed by atoms with van der Waals surface area (Å²) in [6.07, 6.45) is 2.08. The van der Waals surface area contributed by atoms with Crippen LogP contribution in [-0.2, 0) is 12.8 Å². The van der Waals surface area contributed by atoms with E-state index in [-0.39, 0.29) is 0 Å². The van der Waals surface area contributed by atoms with Crippen LogP contribution in [0.4, 0.5) is 0 Å². The van der Waals surface area contributed by atoms with E-state index < -0.39 is 0 Å². The Balaban J connectivity index is 1.55. The van der Waals surface area contributed by atoms with Gasteiger partial charge in [-0.3, -0.25) is 0 Å². The van der Waals surface area contributed by atoms with Crippen molar-refractivity contribution in [2.75, 3.05) is 0 Å². The SMILES string of the molecule is c1ccc2cc3c(cc2c1)Cc1cc2cc4ccccc4cc2cc1C3. The van der Waals surface area contributed by atoms with Gasteiger partial charge in [0.2, 0.25) is 0 Å². The maximum Gasteiger partial charge on any atom is -0.00196 e. The second-order valence-corrected chi connectivity index (χ2v) is 7.49. The second kappa shape index (κ2) is 5.19. The summed E-state index contributed by atoms with van der Waals surface area (Å²) in [4.78, 5) is 0. The molecule has 0 aromatic heterocycles. The van der Waals surface area contributed by atoms with E-state index in [1.165, 1.54) is 54.6 Å². The first-order valence-corrected chi connectivity index (χ1v) is 9.28. The molecule has 5 aromatic rings. The Labute approximate surface area is 152 Å². The van der Waals surface area contributed by atoms with Crippen molar-refractivity contribution in [3.63, 3.8) is 0 Å². The molecule has 0 spiro atoms. The van der Waals surface area contributed by atoms with Gasteiger partial charge in [-0.1, -0.05) is 72.8 Å². The minimum atomic E-state index is 1.04. The van der Waals surface area contributed by atoms with Gasteiger partial charge in [0.05, 0.1) is 0 Å². The topological polar surface area (TPSA) is 0 Å². The molecule has 0 aliphatic heterocycles. The van der Waals surface area contributed by atoms with Crippen LogP contribution < -0.4 is 0 Å². The van der Waals surface area contributed by atoms with Gasteiger partial charge in [0.1, 0.15) is 0 Å². The van der Waals surface area contributed by atoms with Crippen LogP contribution in [0, 0.1) is 0 Å². The molecule has 0 unspecified atom stereocenters. The number of benzene rings is 5. The monoisotopic (exact) mass is 330 g/mol. The van der Waals surface area contributed by atoms with E-state index in [1.807, 2.05) is 0 Å². The molecule has 0 bridgehead atoms. The maximum absolute atomic E-state index is 2.41. The van der Waals surface area contributed by atoms with Gasteiger partial charge in [-0.05, 0) is 79.5 Å². The number of fused-ring (bicyclic) bond motifs is 5. The van der Waals surface area contributed by atoms with Gasteiger partial charge in [-0.2, -0.15) is 0 Å². The lowest BCUT2D eigenvalue weighted by molar-refractivity contribution is 1.01. The molecule has 26 heavy (non-hydrogen) atoms. The van der Waals surface area contributed by atoms with Crippen molar-refractivity contribution >= 4 is 32.3 Å². The number of hydrogen-bond donors (Lipinski definition) is 0. The van der Waals surface area contributed by atoms with E-state index >= 15 is 0 Å². The smallest absolute Gasteiger partial charge is 0.00196 e. The fraction of sp³-hybridized carbons (Fsp3) is 0.0769. The molecule has 0 radical (unpaired) electrons. The summed E-state index contributed by atoms with van der Waals surface area (Å²) in [5.74, 6) is 0. The van der Waals surface area contributed by atoms with E-state index in [0.717, 1.165) is 12.8 Å². The molecule has 0 fully saturated rings. The minimum absolute atomic E-state index is 1.04. The standard InChI is InChI=1S/C26H18/c1-2-6-18-10-22-14-26-16-24-12-20-8-4-3-7-19(20)11-23(24)15-25(26)13-21(22)9-17(18)5-1/h1-14H,15-16H2. The van der Waals surface area contributed by atoms with E-state index in [9.17, 15) is 0 Å². The Bertz CT molecular complexity index is 1220. The van der Waals surface area contributed by atoms with Crippen LogP contribution in [0.2, 0.25) is 0 Å². The van der Waals surface area contributed by atoms with Crippen LogP contribution in [0.1, 0.15) is 22.3 Å². The molecule has 0 saturated heterocycles. The molecule has 1 aliphatic rings. The molecule has 122 valence electrons. The van der Waals surface area contributed by atoms with Crippen LogP contribution in [0.3, 0.4) is 0 Å². The zero-order valence-electron chi connectivity index (χ0n) is 14.5. The van der Waals surface area contributed by atoms with Crippen molar-refractivity contribution in [1.82, 2.24) is 0 Å². The lowest BCUT2D eigenvalue weighted by Crippen LogP contribution is -2.07. The van der Waals surface area contributed by atoms with Crippen molar-refractivity contribution in [2.45, 2.75) is 12.8 Å². The van der Waals surface area contributed by atoms with Crippen LogP contribution in [-0.4, -0.2) is 0 Å². The fourth-order valence-electron chi connectivity index (χ4n) is 4.49. The zero-order chi connectivity index (χ0) is 17.1. The summed E-state index contributed by atoms with van der Waals surface area (Å²) >= 11 is 0. The van der Waals surface area contributed by atoms with E-state index in [4.69, 9.17) is 0 Å². The third kappa shape index (κ3) is 2.09.